The highest BCUT2D eigenvalue weighted by atomic mass is 32.1. The highest BCUT2D eigenvalue weighted by Gasteiger charge is 2.28. The molecule has 0 spiro atoms. The molecule has 2 heterocycles. The minimum absolute atomic E-state index is 0.360. The van der Waals surface area contributed by atoms with E-state index in [1.807, 2.05) is 11.4 Å². The second-order valence-corrected chi connectivity index (χ2v) is 6.64. The molecule has 3 atom stereocenters. The number of quaternary nitrogens is 2. The molecule has 1 aliphatic rings. The molecule has 5 heteroatoms. The Morgan fingerprint density at radius 3 is 3.25 bits per heavy atom. The zero-order valence-electron chi connectivity index (χ0n) is 12.4. The van der Waals surface area contributed by atoms with Crippen molar-refractivity contribution in [1.29, 1.82) is 0 Å². The first-order valence-electron chi connectivity index (χ1n) is 7.74. The van der Waals surface area contributed by atoms with E-state index in [1.165, 1.54) is 30.8 Å². The average molecular weight is 300 g/mol. The quantitative estimate of drug-likeness (QED) is 0.562. The summed E-state index contributed by atoms with van der Waals surface area (Å²) in [5, 5.41) is 14.2. The number of likely N-dealkylation sites (tertiary alicyclic amines) is 1. The Morgan fingerprint density at radius 1 is 1.60 bits per heavy atom. The van der Waals surface area contributed by atoms with Crippen LogP contribution in [-0.4, -0.2) is 50.0 Å². The van der Waals surface area contributed by atoms with E-state index in [-0.39, 0.29) is 6.10 Å². The van der Waals surface area contributed by atoms with Crippen LogP contribution in [0.3, 0.4) is 0 Å². The second-order valence-electron chi connectivity index (χ2n) is 5.61. The maximum atomic E-state index is 9.92. The van der Waals surface area contributed by atoms with Crippen molar-refractivity contribution < 1.29 is 20.1 Å². The van der Waals surface area contributed by atoms with Crippen molar-refractivity contribution in [3.8, 4) is 0 Å². The zero-order chi connectivity index (χ0) is 14.2. The van der Waals surface area contributed by atoms with E-state index in [2.05, 4.69) is 18.3 Å². The molecule has 20 heavy (non-hydrogen) atoms. The molecule has 1 saturated heterocycles. The minimum atomic E-state index is -0.360. The summed E-state index contributed by atoms with van der Waals surface area (Å²) in [6, 6.07) is 4.86. The molecule has 1 unspecified atom stereocenters. The molecule has 0 bridgehead atoms. The lowest BCUT2D eigenvalue weighted by molar-refractivity contribution is -0.924. The fraction of sp³-hybridized carbons (Fsp3) is 0.733. The molecule has 0 radical (unpaired) electrons. The molecule has 0 aromatic carbocycles. The maximum absolute atomic E-state index is 9.92. The Hall–Kier alpha value is -0.460. The van der Waals surface area contributed by atoms with Crippen LogP contribution in [0.1, 0.15) is 24.6 Å². The zero-order valence-corrected chi connectivity index (χ0v) is 13.2. The van der Waals surface area contributed by atoms with Crippen LogP contribution in [0.4, 0.5) is 0 Å². The van der Waals surface area contributed by atoms with Crippen molar-refractivity contribution in [2.45, 2.75) is 38.5 Å². The molecule has 1 aliphatic heterocycles. The molecule has 114 valence electrons. The third kappa shape index (κ3) is 5.14. The van der Waals surface area contributed by atoms with Gasteiger partial charge in [-0.1, -0.05) is 6.07 Å². The molecule has 1 aromatic rings. The first-order chi connectivity index (χ1) is 9.79. The first-order valence-corrected chi connectivity index (χ1v) is 8.62. The molecule has 1 aromatic heterocycles. The van der Waals surface area contributed by atoms with Crippen LogP contribution in [0.5, 0.6) is 0 Å². The van der Waals surface area contributed by atoms with E-state index in [1.54, 1.807) is 16.2 Å². The number of hydrogen-bond acceptors (Lipinski definition) is 3. The molecule has 1 fully saturated rings. The van der Waals surface area contributed by atoms with Crippen LogP contribution < -0.4 is 10.2 Å². The Bertz CT molecular complexity index is 359. The van der Waals surface area contributed by atoms with Gasteiger partial charge in [0.05, 0.1) is 26.3 Å². The molecule has 0 saturated carbocycles. The topological polar surface area (TPSA) is 50.5 Å². The molecule has 4 nitrogen and oxygen atoms in total. The van der Waals surface area contributed by atoms with Gasteiger partial charge >= 0.3 is 0 Å². The van der Waals surface area contributed by atoms with Crippen molar-refractivity contribution in [2.75, 3.05) is 32.8 Å². The van der Waals surface area contributed by atoms with Crippen molar-refractivity contribution in [2.24, 2.45) is 0 Å². The normalized spacial score (nSPS) is 24.1. The Labute approximate surface area is 125 Å². The third-order valence-corrected chi connectivity index (χ3v) is 4.96. The number of hydrogen-bond donors (Lipinski definition) is 3. The van der Waals surface area contributed by atoms with E-state index in [4.69, 9.17) is 4.74 Å². The predicted octanol–water partition coefficient (Wildman–Crippen LogP) is -0.744. The monoisotopic (exact) mass is 300 g/mol. The average Bonchev–Trinajstić information content (AvgIpc) is 3.09. The van der Waals surface area contributed by atoms with Gasteiger partial charge in [-0.2, -0.15) is 0 Å². The van der Waals surface area contributed by atoms with Gasteiger partial charge in [-0.25, -0.2) is 0 Å². The molecular formula is C15H28N2O2S+2. The number of rotatable bonds is 9. The van der Waals surface area contributed by atoms with Gasteiger partial charge in [0.25, 0.3) is 0 Å². The standard InChI is InChI=1S/C15H26N2O2S/c1-2-17-7-3-5-13(17)9-16-10-14(18)11-19-12-15-6-4-8-20-15/h4,6,8,13-14,16,18H,2-3,5,7,9-12H2,1H3/p+2/t13-,14+/m1/s1. The van der Waals surface area contributed by atoms with Gasteiger partial charge in [-0.3, -0.25) is 0 Å². The molecule has 2 rings (SSSR count). The van der Waals surface area contributed by atoms with Gasteiger partial charge in [0.1, 0.15) is 25.2 Å². The van der Waals surface area contributed by atoms with Crippen LogP contribution in [0, 0.1) is 0 Å². The molecule has 0 aliphatic carbocycles. The number of thiophene rings is 1. The van der Waals surface area contributed by atoms with Crippen molar-refractivity contribution >= 4 is 11.3 Å². The summed E-state index contributed by atoms with van der Waals surface area (Å²) in [4.78, 5) is 2.94. The van der Waals surface area contributed by atoms with E-state index in [0.717, 1.165) is 19.1 Å². The number of aliphatic hydroxyl groups is 1. The summed E-state index contributed by atoms with van der Waals surface area (Å²) in [6.45, 7) is 7.74. The highest BCUT2D eigenvalue weighted by Crippen LogP contribution is 2.09. The van der Waals surface area contributed by atoms with Gasteiger partial charge in [0, 0.05) is 17.7 Å². The fourth-order valence-corrected chi connectivity index (χ4v) is 3.62. The number of aliphatic hydroxyl groups excluding tert-OH is 1. The first kappa shape index (κ1) is 15.9. The summed E-state index contributed by atoms with van der Waals surface area (Å²) in [5.41, 5.74) is 0. The van der Waals surface area contributed by atoms with E-state index in [0.29, 0.717) is 13.2 Å². The van der Waals surface area contributed by atoms with Crippen LogP contribution in [-0.2, 0) is 11.3 Å². The third-order valence-electron chi connectivity index (χ3n) is 4.11. The van der Waals surface area contributed by atoms with Gasteiger partial charge in [-0.15, -0.1) is 11.3 Å². The maximum Gasteiger partial charge on any atom is 0.137 e. The van der Waals surface area contributed by atoms with Gasteiger partial charge < -0.3 is 20.1 Å². The van der Waals surface area contributed by atoms with Crippen LogP contribution in [0.2, 0.25) is 0 Å². The van der Waals surface area contributed by atoms with Gasteiger partial charge in [-0.05, 0) is 18.4 Å². The van der Waals surface area contributed by atoms with Gasteiger partial charge in [0.15, 0.2) is 0 Å². The van der Waals surface area contributed by atoms with Gasteiger partial charge in [0.2, 0.25) is 0 Å². The van der Waals surface area contributed by atoms with E-state index in [9.17, 15) is 5.11 Å². The SMILES string of the molecule is CC[NH+]1CCC[C@@H]1C[NH2+]C[C@H](O)COCc1cccs1. The number of ether oxygens (including phenoxy) is 1. The summed E-state index contributed by atoms with van der Waals surface area (Å²) in [5.74, 6) is 0. The van der Waals surface area contributed by atoms with E-state index < -0.39 is 0 Å². The summed E-state index contributed by atoms with van der Waals surface area (Å²) >= 11 is 1.69. The largest absolute Gasteiger partial charge is 0.385 e. The van der Waals surface area contributed by atoms with Crippen molar-refractivity contribution in [3.63, 3.8) is 0 Å². The summed E-state index contributed by atoms with van der Waals surface area (Å²) < 4.78 is 5.54. The number of likely N-dealkylation sites (N-methyl/N-ethyl adjacent to an activating group) is 1. The predicted molar refractivity (Wildman–Crippen MR) is 81.0 cm³/mol. The summed E-state index contributed by atoms with van der Waals surface area (Å²) in [7, 11) is 0. The second kappa shape index (κ2) is 8.74. The lowest BCUT2D eigenvalue weighted by Crippen LogP contribution is -3.16. The lowest BCUT2D eigenvalue weighted by Gasteiger charge is -2.19. The Kier molecular flexibility index (Phi) is 6.96. The minimum Gasteiger partial charge on any atom is -0.385 e. The van der Waals surface area contributed by atoms with Crippen LogP contribution in [0.15, 0.2) is 17.5 Å². The molecule has 4 N–H and O–H groups in total. The fourth-order valence-electron chi connectivity index (χ4n) is 2.98. The Morgan fingerprint density at radius 2 is 2.50 bits per heavy atom. The highest BCUT2D eigenvalue weighted by molar-refractivity contribution is 7.09. The van der Waals surface area contributed by atoms with Crippen molar-refractivity contribution in [1.82, 2.24) is 0 Å². The van der Waals surface area contributed by atoms with E-state index >= 15 is 0 Å². The van der Waals surface area contributed by atoms with Crippen molar-refractivity contribution in [3.05, 3.63) is 22.4 Å². The summed E-state index contributed by atoms with van der Waals surface area (Å²) in [6.07, 6.45) is 2.33. The van der Waals surface area contributed by atoms with Crippen LogP contribution >= 0.6 is 11.3 Å². The van der Waals surface area contributed by atoms with Crippen LogP contribution in [0.25, 0.3) is 0 Å². The number of nitrogens with one attached hydrogen (secondary N) is 1. The smallest absolute Gasteiger partial charge is 0.137 e. The number of nitrogens with two attached hydrogens (primary N) is 1. The molecular weight excluding hydrogens is 272 g/mol. The lowest BCUT2D eigenvalue weighted by atomic mass is 10.2. The molecule has 0 amide bonds. The Balaban J connectivity index is 1.52.